The van der Waals surface area contributed by atoms with Crippen molar-refractivity contribution < 1.29 is 0 Å². The topological polar surface area (TPSA) is 38.9 Å². The fourth-order valence-corrected chi connectivity index (χ4v) is 3.75. The van der Waals surface area contributed by atoms with Gasteiger partial charge in [-0.3, -0.25) is 4.98 Å². The van der Waals surface area contributed by atoms with Gasteiger partial charge < -0.3 is 5.73 Å². The Morgan fingerprint density at radius 2 is 1.15 bits per heavy atom. The summed E-state index contributed by atoms with van der Waals surface area (Å²) in [6.07, 6.45) is 25.7. The summed E-state index contributed by atoms with van der Waals surface area (Å²) in [5.74, 6) is 0. The van der Waals surface area contributed by atoms with E-state index in [1.54, 1.807) is 0 Å². The molecule has 0 spiro atoms. The smallest absolute Gasteiger partial charge is 0.0571 e. The monoisotopic (exact) mass is 360 g/mol. The zero-order chi connectivity index (χ0) is 18.7. The van der Waals surface area contributed by atoms with Gasteiger partial charge in [0.25, 0.3) is 0 Å². The summed E-state index contributed by atoms with van der Waals surface area (Å²) in [6.45, 7) is 2.86. The van der Waals surface area contributed by atoms with Crippen molar-refractivity contribution in [1.29, 1.82) is 0 Å². The van der Waals surface area contributed by atoms with Crippen molar-refractivity contribution in [3.63, 3.8) is 0 Å². The van der Waals surface area contributed by atoms with Crippen LogP contribution in [0.15, 0.2) is 18.3 Å². The first-order valence-corrected chi connectivity index (χ1v) is 11.5. The Bertz CT molecular complexity index is 416. The van der Waals surface area contributed by atoms with Crippen LogP contribution in [0, 0.1) is 0 Å². The highest BCUT2D eigenvalue weighted by Gasteiger charge is 2.01. The second-order valence-corrected chi connectivity index (χ2v) is 7.87. The molecule has 26 heavy (non-hydrogen) atoms. The maximum Gasteiger partial charge on any atom is 0.0571 e. The summed E-state index contributed by atoms with van der Waals surface area (Å²) >= 11 is 0. The lowest BCUT2D eigenvalue weighted by atomic mass is 10.0. The molecule has 2 N–H and O–H groups in total. The molecule has 1 aromatic rings. The summed E-state index contributed by atoms with van der Waals surface area (Å²) in [5.41, 5.74) is 8.17. The van der Waals surface area contributed by atoms with Crippen LogP contribution in [-0.2, 0) is 13.0 Å². The van der Waals surface area contributed by atoms with Gasteiger partial charge in [0.05, 0.1) is 5.69 Å². The van der Waals surface area contributed by atoms with E-state index in [2.05, 4.69) is 18.0 Å². The van der Waals surface area contributed by atoms with E-state index in [0.29, 0.717) is 6.54 Å². The van der Waals surface area contributed by atoms with Gasteiger partial charge in [-0.2, -0.15) is 0 Å². The van der Waals surface area contributed by atoms with Gasteiger partial charge in [-0.05, 0) is 24.5 Å². The molecule has 0 atom stereocenters. The van der Waals surface area contributed by atoms with Crippen molar-refractivity contribution in [1.82, 2.24) is 4.98 Å². The average molecular weight is 361 g/mol. The van der Waals surface area contributed by atoms with Gasteiger partial charge in [0.2, 0.25) is 0 Å². The van der Waals surface area contributed by atoms with Gasteiger partial charge in [0.15, 0.2) is 0 Å². The number of pyridine rings is 1. The summed E-state index contributed by atoms with van der Waals surface area (Å²) in [4.78, 5) is 4.36. The SMILES string of the molecule is CCCCCCCCCCCCCCCCCCc1cccnc1CN. The predicted molar refractivity (Wildman–Crippen MR) is 115 cm³/mol. The molecule has 1 rings (SSSR count). The van der Waals surface area contributed by atoms with Crippen molar-refractivity contribution in [2.45, 2.75) is 123 Å². The first kappa shape index (κ1) is 23.1. The first-order valence-electron chi connectivity index (χ1n) is 11.5. The molecule has 2 heteroatoms. The lowest BCUT2D eigenvalue weighted by Crippen LogP contribution is -2.04. The molecule has 0 radical (unpaired) electrons. The number of nitrogens with zero attached hydrogens (tertiary/aromatic N) is 1. The lowest BCUT2D eigenvalue weighted by molar-refractivity contribution is 0.529. The number of aromatic nitrogens is 1. The molecule has 1 aromatic heterocycles. The summed E-state index contributed by atoms with van der Waals surface area (Å²) in [7, 11) is 0. The molecule has 0 fully saturated rings. The minimum atomic E-state index is 0.565. The lowest BCUT2D eigenvalue weighted by Gasteiger charge is -2.06. The minimum Gasteiger partial charge on any atom is -0.325 e. The zero-order valence-electron chi connectivity index (χ0n) is 17.5. The predicted octanol–water partition coefficient (Wildman–Crippen LogP) is 7.34. The van der Waals surface area contributed by atoms with Crippen LogP contribution >= 0.6 is 0 Å². The third-order valence-corrected chi connectivity index (χ3v) is 5.48. The summed E-state index contributed by atoms with van der Waals surface area (Å²) < 4.78 is 0. The third-order valence-electron chi connectivity index (χ3n) is 5.48. The minimum absolute atomic E-state index is 0.565. The molecule has 0 saturated heterocycles. The Balaban J connectivity index is 1.80. The molecule has 1 heterocycles. The van der Waals surface area contributed by atoms with Gasteiger partial charge in [0, 0.05) is 12.7 Å². The Morgan fingerprint density at radius 1 is 0.692 bits per heavy atom. The molecule has 0 unspecified atom stereocenters. The van der Waals surface area contributed by atoms with E-state index >= 15 is 0 Å². The van der Waals surface area contributed by atoms with E-state index in [4.69, 9.17) is 5.73 Å². The van der Waals surface area contributed by atoms with E-state index in [0.717, 1.165) is 12.1 Å². The molecule has 0 amide bonds. The van der Waals surface area contributed by atoms with Crippen molar-refractivity contribution in [3.05, 3.63) is 29.6 Å². The second kappa shape index (κ2) is 17.5. The maximum atomic E-state index is 5.75. The quantitative estimate of drug-likeness (QED) is 0.278. The number of rotatable bonds is 18. The molecule has 0 aliphatic rings. The number of aryl methyl sites for hydroxylation is 1. The summed E-state index contributed by atoms with van der Waals surface area (Å²) in [6, 6.07) is 4.21. The van der Waals surface area contributed by atoms with E-state index < -0.39 is 0 Å². The van der Waals surface area contributed by atoms with Crippen molar-refractivity contribution >= 4 is 0 Å². The van der Waals surface area contributed by atoms with Crippen LogP contribution < -0.4 is 5.73 Å². The molecular weight excluding hydrogens is 316 g/mol. The molecule has 150 valence electrons. The van der Waals surface area contributed by atoms with Gasteiger partial charge in [-0.1, -0.05) is 109 Å². The van der Waals surface area contributed by atoms with Crippen LogP contribution in [0.1, 0.15) is 121 Å². The van der Waals surface area contributed by atoms with Gasteiger partial charge in [-0.15, -0.1) is 0 Å². The number of hydrogen-bond donors (Lipinski definition) is 1. The van der Waals surface area contributed by atoms with Crippen LogP contribution in [0.25, 0.3) is 0 Å². The Hall–Kier alpha value is -0.890. The number of unbranched alkanes of at least 4 members (excludes halogenated alkanes) is 15. The van der Waals surface area contributed by atoms with E-state index in [-0.39, 0.29) is 0 Å². The Kier molecular flexibility index (Phi) is 15.6. The van der Waals surface area contributed by atoms with Crippen molar-refractivity contribution in [2.24, 2.45) is 5.73 Å². The standard InChI is InChI=1S/C24H44N2/c1-2-3-4-5-6-7-8-9-10-11-12-13-14-15-16-17-19-23-20-18-21-26-24(23)22-25/h18,20-21H,2-17,19,22,25H2,1H3. The number of hydrogen-bond acceptors (Lipinski definition) is 2. The van der Waals surface area contributed by atoms with E-state index in [9.17, 15) is 0 Å². The van der Waals surface area contributed by atoms with Crippen molar-refractivity contribution in [3.8, 4) is 0 Å². The Morgan fingerprint density at radius 3 is 1.62 bits per heavy atom. The van der Waals surface area contributed by atoms with Crippen LogP contribution in [0.4, 0.5) is 0 Å². The molecule has 0 saturated carbocycles. The molecule has 2 nitrogen and oxygen atoms in total. The highest BCUT2D eigenvalue weighted by atomic mass is 14.7. The first-order chi connectivity index (χ1) is 12.9. The maximum absolute atomic E-state index is 5.75. The van der Waals surface area contributed by atoms with Crippen LogP contribution in [0.2, 0.25) is 0 Å². The molecule has 0 aliphatic carbocycles. The highest BCUT2D eigenvalue weighted by Crippen LogP contribution is 2.15. The van der Waals surface area contributed by atoms with Crippen LogP contribution in [0.5, 0.6) is 0 Å². The van der Waals surface area contributed by atoms with Gasteiger partial charge >= 0.3 is 0 Å². The van der Waals surface area contributed by atoms with E-state index in [1.165, 1.54) is 108 Å². The molecule has 0 aromatic carbocycles. The van der Waals surface area contributed by atoms with Crippen LogP contribution in [0.3, 0.4) is 0 Å². The number of nitrogens with two attached hydrogens (primary N) is 1. The normalized spacial score (nSPS) is 11.2. The second-order valence-electron chi connectivity index (χ2n) is 7.87. The third kappa shape index (κ3) is 12.5. The van der Waals surface area contributed by atoms with Gasteiger partial charge in [-0.25, -0.2) is 0 Å². The largest absolute Gasteiger partial charge is 0.325 e. The molecular formula is C24H44N2. The van der Waals surface area contributed by atoms with Gasteiger partial charge in [0.1, 0.15) is 0 Å². The molecule has 0 aliphatic heterocycles. The Labute approximate surface area is 163 Å². The van der Waals surface area contributed by atoms with Crippen LogP contribution in [-0.4, -0.2) is 4.98 Å². The highest BCUT2D eigenvalue weighted by molar-refractivity contribution is 5.19. The van der Waals surface area contributed by atoms with Crippen molar-refractivity contribution in [2.75, 3.05) is 0 Å². The van der Waals surface area contributed by atoms with E-state index in [1.807, 2.05) is 12.3 Å². The molecule has 0 bridgehead atoms. The summed E-state index contributed by atoms with van der Waals surface area (Å²) in [5, 5.41) is 0. The fourth-order valence-electron chi connectivity index (χ4n) is 3.75. The zero-order valence-corrected chi connectivity index (χ0v) is 17.5. The average Bonchev–Trinajstić information content (AvgIpc) is 2.68. The fraction of sp³-hybridized carbons (Fsp3) is 0.792.